The van der Waals surface area contributed by atoms with Crippen molar-refractivity contribution in [2.75, 3.05) is 0 Å². The third kappa shape index (κ3) is 2.04. The van der Waals surface area contributed by atoms with Crippen LogP contribution in [0, 0.1) is 11.3 Å². The smallest absolute Gasteiger partial charge is 0.415 e. The molecule has 0 fully saturated rings. The monoisotopic (exact) mass is 226 g/mol. The maximum absolute atomic E-state index is 11.7. The van der Waals surface area contributed by atoms with Crippen LogP contribution in [0.3, 0.4) is 0 Å². The molecule has 4 nitrogen and oxygen atoms in total. The number of rotatable bonds is 1. The van der Waals surface area contributed by atoms with Crippen molar-refractivity contribution in [3.63, 3.8) is 0 Å². The highest BCUT2D eigenvalue weighted by Crippen LogP contribution is 2.18. The number of ether oxygens (including phenoxy) is 1. The Balaban J connectivity index is 2.47. The third-order valence-corrected chi connectivity index (χ3v) is 2.28. The molecule has 0 atom stereocenters. The van der Waals surface area contributed by atoms with Crippen molar-refractivity contribution >= 4 is 17.0 Å². The molecule has 0 radical (unpaired) electrons. The molecule has 0 aliphatic rings. The van der Waals surface area contributed by atoms with E-state index in [1.165, 1.54) is 4.57 Å². The topological polar surface area (TPSA) is 55.0 Å². The molecule has 0 saturated heterocycles. The Morgan fingerprint density at radius 2 is 2.24 bits per heavy atom. The molecule has 1 aromatic carbocycles. The van der Waals surface area contributed by atoms with Crippen LogP contribution in [0.1, 0.15) is 12.5 Å². The van der Waals surface area contributed by atoms with Gasteiger partial charge in [-0.25, -0.2) is 4.79 Å². The van der Waals surface area contributed by atoms with Crippen molar-refractivity contribution in [3.8, 4) is 6.07 Å². The quantitative estimate of drug-likeness (QED) is 0.702. The molecule has 0 unspecified atom stereocenters. The Hall–Kier alpha value is -2.54. The largest absolute Gasteiger partial charge is 0.423 e. The van der Waals surface area contributed by atoms with E-state index in [1.807, 2.05) is 0 Å². The van der Waals surface area contributed by atoms with Gasteiger partial charge in [-0.2, -0.15) is 5.26 Å². The zero-order chi connectivity index (χ0) is 12.4. The molecule has 0 amide bonds. The van der Waals surface area contributed by atoms with Crippen molar-refractivity contribution in [1.29, 1.82) is 5.26 Å². The molecular formula is C13H10N2O2. The van der Waals surface area contributed by atoms with Crippen LogP contribution in [-0.4, -0.2) is 10.7 Å². The van der Waals surface area contributed by atoms with E-state index >= 15 is 0 Å². The minimum atomic E-state index is -0.503. The molecule has 0 N–H and O–H groups in total. The third-order valence-electron chi connectivity index (χ3n) is 2.28. The Morgan fingerprint density at radius 3 is 2.88 bits per heavy atom. The summed E-state index contributed by atoms with van der Waals surface area (Å²) < 4.78 is 6.30. The van der Waals surface area contributed by atoms with E-state index in [0.717, 1.165) is 5.39 Å². The van der Waals surface area contributed by atoms with Gasteiger partial charge in [-0.15, -0.1) is 0 Å². The second-order valence-electron chi connectivity index (χ2n) is 3.64. The Kier molecular flexibility index (Phi) is 2.67. The lowest BCUT2D eigenvalue weighted by molar-refractivity contribution is 0.179. The fourth-order valence-electron chi connectivity index (χ4n) is 1.57. The van der Waals surface area contributed by atoms with Gasteiger partial charge in [0.15, 0.2) is 0 Å². The van der Waals surface area contributed by atoms with Crippen LogP contribution in [0.2, 0.25) is 0 Å². The predicted octanol–water partition coefficient (Wildman–Crippen LogP) is 3.03. The first kappa shape index (κ1) is 11.0. The minimum Gasteiger partial charge on any atom is -0.415 e. The second-order valence-corrected chi connectivity index (χ2v) is 3.64. The summed E-state index contributed by atoms with van der Waals surface area (Å²) in [5.74, 6) is 0.338. The van der Waals surface area contributed by atoms with Gasteiger partial charge in [-0.05, 0) is 31.2 Å². The first-order valence-electron chi connectivity index (χ1n) is 5.00. The summed E-state index contributed by atoms with van der Waals surface area (Å²) in [4.78, 5) is 11.7. The lowest BCUT2D eigenvalue weighted by atomic mass is 10.2. The summed E-state index contributed by atoms with van der Waals surface area (Å²) in [7, 11) is 0. The summed E-state index contributed by atoms with van der Waals surface area (Å²) in [5.41, 5.74) is 1.26. The Bertz CT molecular complexity index is 647. The van der Waals surface area contributed by atoms with E-state index in [9.17, 15) is 4.79 Å². The zero-order valence-electron chi connectivity index (χ0n) is 9.30. The van der Waals surface area contributed by atoms with E-state index in [0.29, 0.717) is 16.8 Å². The molecule has 0 aliphatic carbocycles. The van der Waals surface area contributed by atoms with E-state index in [2.05, 4.69) is 12.6 Å². The fraction of sp³-hybridized carbons (Fsp3) is 0.0769. The number of nitriles is 1. The molecule has 0 aliphatic heterocycles. The summed E-state index contributed by atoms with van der Waals surface area (Å²) in [5, 5.41) is 9.59. The Labute approximate surface area is 98.3 Å². The van der Waals surface area contributed by atoms with Crippen molar-refractivity contribution in [2.45, 2.75) is 6.92 Å². The normalized spacial score (nSPS) is 9.88. The molecule has 0 saturated carbocycles. The van der Waals surface area contributed by atoms with Crippen molar-refractivity contribution in [3.05, 3.63) is 48.4 Å². The maximum atomic E-state index is 11.7. The molecule has 84 valence electrons. The summed E-state index contributed by atoms with van der Waals surface area (Å²) in [6.45, 7) is 5.12. The molecule has 4 heteroatoms. The lowest BCUT2D eigenvalue weighted by Crippen LogP contribution is -2.10. The van der Waals surface area contributed by atoms with Crippen molar-refractivity contribution in [2.24, 2.45) is 0 Å². The number of fused-ring (bicyclic) bond motifs is 1. The van der Waals surface area contributed by atoms with Crippen LogP contribution in [-0.2, 0) is 4.74 Å². The van der Waals surface area contributed by atoms with Crippen LogP contribution >= 0.6 is 0 Å². The van der Waals surface area contributed by atoms with Gasteiger partial charge in [0.05, 0.1) is 22.9 Å². The summed E-state index contributed by atoms with van der Waals surface area (Å²) in [6.07, 6.45) is 1.11. The molecule has 17 heavy (non-hydrogen) atoms. The average molecular weight is 226 g/mol. The van der Waals surface area contributed by atoms with E-state index < -0.39 is 6.09 Å². The zero-order valence-corrected chi connectivity index (χ0v) is 9.30. The van der Waals surface area contributed by atoms with Crippen LogP contribution < -0.4 is 0 Å². The van der Waals surface area contributed by atoms with Crippen LogP contribution in [0.4, 0.5) is 4.79 Å². The first-order valence-corrected chi connectivity index (χ1v) is 5.00. The van der Waals surface area contributed by atoms with Crippen LogP contribution in [0.5, 0.6) is 0 Å². The van der Waals surface area contributed by atoms with E-state index in [1.54, 1.807) is 37.4 Å². The van der Waals surface area contributed by atoms with E-state index in [4.69, 9.17) is 10.00 Å². The van der Waals surface area contributed by atoms with Gasteiger partial charge in [0, 0.05) is 11.6 Å². The summed E-state index contributed by atoms with van der Waals surface area (Å²) >= 11 is 0. The van der Waals surface area contributed by atoms with Crippen LogP contribution in [0.15, 0.2) is 42.8 Å². The molecule has 2 aromatic rings. The summed E-state index contributed by atoms with van der Waals surface area (Å²) in [6, 6.07) is 8.91. The molecule has 2 rings (SSSR count). The van der Waals surface area contributed by atoms with Gasteiger partial charge in [0.25, 0.3) is 0 Å². The SMILES string of the molecule is C=C(C)OC(=O)n1ccc2cc(C#N)ccc21. The molecule has 0 bridgehead atoms. The highest BCUT2D eigenvalue weighted by molar-refractivity contribution is 5.90. The first-order chi connectivity index (χ1) is 8.11. The van der Waals surface area contributed by atoms with E-state index in [-0.39, 0.29) is 0 Å². The minimum absolute atomic E-state index is 0.338. The lowest BCUT2D eigenvalue weighted by Gasteiger charge is -2.04. The number of hydrogen-bond donors (Lipinski definition) is 0. The van der Waals surface area contributed by atoms with Gasteiger partial charge >= 0.3 is 6.09 Å². The van der Waals surface area contributed by atoms with Gasteiger partial charge in [0.1, 0.15) is 0 Å². The number of carbonyl (C=O) groups excluding carboxylic acids is 1. The average Bonchev–Trinajstić information content (AvgIpc) is 2.70. The number of nitrogens with zero attached hydrogens (tertiary/aromatic N) is 2. The number of aromatic nitrogens is 1. The number of hydrogen-bond acceptors (Lipinski definition) is 3. The highest BCUT2D eigenvalue weighted by Gasteiger charge is 2.10. The number of carbonyl (C=O) groups is 1. The molecular weight excluding hydrogens is 216 g/mol. The molecule has 0 spiro atoms. The number of benzene rings is 1. The fourth-order valence-corrected chi connectivity index (χ4v) is 1.57. The van der Waals surface area contributed by atoms with Gasteiger partial charge in [-0.3, -0.25) is 4.57 Å². The van der Waals surface area contributed by atoms with Gasteiger partial charge in [-0.1, -0.05) is 6.58 Å². The van der Waals surface area contributed by atoms with Crippen LogP contribution in [0.25, 0.3) is 10.9 Å². The predicted molar refractivity (Wildman–Crippen MR) is 63.3 cm³/mol. The van der Waals surface area contributed by atoms with Gasteiger partial charge in [0.2, 0.25) is 0 Å². The number of allylic oxidation sites excluding steroid dienone is 1. The van der Waals surface area contributed by atoms with Crippen molar-refractivity contribution < 1.29 is 9.53 Å². The molecule has 1 aromatic heterocycles. The highest BCUT2D eigenvalue weighted by atomic mass is 16.6. The molecule has 1 heterocycles. The Morgan fingerprint density at radius 1 is 1.47 bits per heavy atom. The standard InChI is InChI=1S/C13H10N2O2/c1-9(2)17-13(16)15-6-5-11-7-10(8-14)3-4-12(11)15/h3-7H,1H2,2H3. The second kappa shape index (κ2) is 4.14. The van der Waals surface area contributed by atoms with Gasteiger partial charge < -0.3 is 4.74 Å². The van der Waals surface area contributed by atoms with Crippen molar-refractivity contribution in [1.82, 2.24) is 4.57 Å². The maximum Gasteiger partial charge on any atom is 0.423 e.